The maximum Gasteiger partial charge on any atom is 0.148 e. The van der Waals surface area contributed by atoms with Gasteiger partial charge in [-0.1, -0.05) is 29.3 Å². The van der Waals surface area contributed by atoms with Crippen LogP contribution in [-0.2, 0) is 13.1 Å². The van der Waals surface area contributed by atoms with Gasteiger partial charge in [-0.05, 0) is 13.0 Å². The molecular weight excluding hydrogens is 276 g/mol. The number of ether oxygens (including phenoxy) is 1. The van der Waals surface area contributed by atoms with Gasteiger partial charge in [0.25, 0.3) is 0 Å². The molecule has 0 fully saturated rings. The molecule has 20 heavy (non-hydrogen) atoms. The van der Waals surface area contributed by atoms with Crippen LogP contribution in [0.25, 0.3) is 0 Å². The van der Waals surface area contributed by atoms with E-state index in [1.165, 1.54) is 0 Å². The molecule has 0 aliphatic rings. The van der Waals surface area contributed by atoms with Gasteiger partial charge in [-0.25, -0.2) is 0 Å². The van der Waals surface area contributed by atoms with Gasteiger partial charge in [0.15, 0.2) is 0 Å². The second-order valence-corrected chi connectivity index (χ2v) is 4.13. The summed E-state index contributed by atoms with van der Waals surface area (Å²) in [6.45, 7) is 3.49. The van der Waals surface area contributed by atoms with Crippen molar-refractivity contribution in [3.8, 4) is 18.1 Å². The van der Waals surface area contributed by atoms with Crippen LogP contribution in [0.4, 0.5) is 0 Å². The number of terminal acetylenes is 1. The van der Waals surface area contributed by atoms with Gasteiger partial charge in [-0.2, -0.15) is 0 Å². The number of aryl methyl sites for hydroxylation is 1. The van der Waals surface area contributed by atoms with Crippen molar-refractivity contribution >= 4 is 12.4 Å². The Morgan fingerprint density at radius 1 is 1.35 bits per heavy atom. The Kier molecular flexibility index (Phi) is 6.65. The number of nitrogens with one attached hydrogen (secondary N) is 1. The molecule has 0 saturated carbocycles. The quantitative estimate of drug-likeness (QED) is 0.832. The predicted molar refractivity (Wildman–Crippen MR) is 79.8 cm³/mol. The summed E-state index contributed by atoms with van der Waals surface area (Å²) in [5.41, 5.74) is 1.96. The third-order valence-electron chi connectivity index (χ3n) is 2.58. The molecule has 0 spiro atoms. The fourth-order valence-electron chi connectivity index (χ4n) is 1.74. The van der Waals surface area contributed by atoms with Crippen molar-refractivity contribution < 1.29 is 9.26 Å². The molecule has 0 aliphatic heterocycles. The number of para-hydroxylation sites is 1. The number of hydrogen-bond donors (Lipinski definition) is 1. The normalized spacial score (nSPS) is 9.60. The van der Waals surface area contributed by atoms with E-state index < -0.39 is 0 Å². The molecule has 0 saturated heterocycles. The van der Waals surface area contributed by atoms with Gasteiger partial charge in [0, 0.05) is 24.7 Å². The van der Waals surface area contributed by atoms with Crippen LogP contribution in [0.1, 0.15) is 17.0 Å². The van der Waals surface area contributed by atoms with E-state index in [4.69, 9.17) is 15.7 Å². The van der Waals surface area contributed by atoms with E-state index >= 15 is 0 Å². The third-order valence-corrected chi connectivity index (χ3v) is 2.58. The molecule has 0 amide bonds. The highest BCUT2D eigenvalue weighted by atomic mass is 35.5. The zero-order chi connectivity index (χ0) is 13.5. The molecular formula is C15H17ClN2O2. The fraction of sp³-hybridized carbons (Fsp3) is 0.267. The van der Waals surface area contributed by atoms with Crippen LogP contribution < -0.4 is 10.1 Å². The molecule has 1 N–H and O–H groups in total. The van der Waals surface area contributed by atoms with Crippen molar-refractivity contribution in [1.29, 1.82) is 0 Å². The Morgan fingerprint density at radius 3 is 2.85 bits per heavy atom. The summed E-state index contributed by atoms with van der Waals surface area (Å²) in [5.74, 6) is 4.09. The summed E-state index contributed by atoms with van der Waals surface area (Å²) in [6.07, 6.45) is 5.20. The largest absolute Gasteiger partial charge is 0.481 e. The van der Waals surface area contributed by atoms with Crippen molar-refractivity contribution in [2.24, 2.45) is 0 Å². The van der Waals surface area contributed by atoms with Crippen LogP contribution in [-0.4, -0.2) is 11.8 Å². The summed E-state index contributed by atoms with van der Waals surface area (Å²) in [6, 6.07) is 9.73. The first-order valence-corrected chi connectivity index (χ1v) is 6.06. The van der Waals surface area contributed by atoms with Crippen LogP contribution >= 0.6 is 12.4 Å². The van der Waals surface area contributed by atoms with Crippen molar-refractivity contribution in [3.05, 3.63) is 47.3 Å². The molecule has 2 rings (SSSR count). The average molecular weight is 293 g/mol. The van der Waals surface area contributed by atoms with Gasteiger partial charge in [-0.15, -0.1) is 18.8 Å². The summed E-state index contributed by atoms with van der Waals surface area (Å²) >= 11 is 0. The van der Waals surface area contributed by atoms with Crippen LogP contribution in [0.2, 0.25) is 0 Å². The predicted octanol–water partition coefficient (Wildman–Crippen LogP) is 2.71. The molecule has 1 aromatic heterocycles. The lowest BCUT2D eigenvalue weighted by atomic mass is 10.2. The molecule has 106 valence electrons. The van der Waals surface area contributed by atoms with Crippen molar-refractivity contribution in [1.82, 2.24) is 10.5 Å². The van der Waals surface area contributed by atoms with E-state index in [2.05, 4.69) is 16.4 Å². The molecule has 0 atom stereocenters. The van der Waals surface area contributed by atoms with Crippen LogP contribution in [0.3, 0.4) is 0 Å². The second kappa shape index (κ2) is 8.26. The van der Waals surface area contributed by atoms with Gasteiger partial charge < -0.3 is 14.6 Å². The SMILES string of the molecule is C#CCOc1ccccc1CNCc1cc(C)on1.Cl. The van der Waals surface area contributed by atoms with Crippen molar-refractivity contribution in [2.75, 3.05) is 6.61 Å². The van der Waals surface area contributed by atoms with E-state index in [9.17, 15) is 0 Å². The fourth-order valence-corrected chi connectivity index (χ4v) is 1.74. The monoisotopic (exact) mass is 292 g/mol. The minimum Gasteiger partial charge on any atom is -0.481 e. The molecule has 1 aromatic carbocycles. The highest BCUT2D eigenvalue weighted by molar-refractivity contribution is 5.85. The van der Waals surface area contributed by atoms with Gasteiger partial charge in [0.05, 0.1) is 5.69 Å². The smallest absolute Gasteiger partial charge is 0.148 e. The van der Waals surface area contributed by atoms with Crippen LogP contribution in [0, 0.1) is 19.3 Å². The topological polar surface area (TPSA) is 47.3 Å². The molecule has 2 aromatic rings. The Balaban J connectivity index is 0.00000200. The lowest BCUT2D eigenvalue weighted by molar-refractivity contribution is 0.364. The molecule has 1 heterocycles. The standard InChI is InChI=1S/C15H16N2O2.ClH/c1-3-8-18-15-7-5-4-6-13(15)10-16-11-14-9-12(2)19-17-14;/h1,4-7,9,16H,8,10-11H2,2H3;1H. The lowest BCUT2D eigenvalue weighted by Crippen LogP contribution is -2.13. The minimum atomic E-state index is 0. The Hall–Kier alpha value is -1.96. The van der Waals surface area contributed by atoms with Crippen LogP contribution in [0.5, 0.6) is 5.75 Å². The molecule has 0 bridgehead atoms. The van der Waals surface area contributed by atoms with Gasteiger partial charge >= 0.3 is 0 Å². The maximum atomic E-state index is 5.48. The minimum absolute atomic E-state index is 0. The first kappa shape index (κ1) is 16.1. The number of halogens is 1. The first-order valence-electron chi connectivity index (χ1n) is 6.06. The molecule has 0 unspecified atom stereocenters. The average Bonchev–Trinajstić information content (AvgIpc) is 2.83. The number of benzene rings is 1. The van der Waals surface area contributed by atoms with Crippen molar-refractivity contribution in [3.63, 3.8) is 0 Å². The Morgan fingerprint density at radius 2 is 2.15 bits per heavy atom. The Bertz CT molecular complexity index is 575. The van der Waals surface area contributed by atoms with E-state index in [0.717, 1.165) is 22.8 Å². The highest BCUT2D eigenvalue weighted by Gasteiger charge is 2.03. The summed E-state index contributed by atoms with van der Waals surface area (Å²) in [4.78, 5) is 0. The van der Waals surface area contributed by atoms with Gasteiger partial charge in [0.1, 0.15) is 18.1 Å². The zero-order valence-electron chi connectivity index (χ0n) is 11.3. The molecule has 0 aliphatic carbocycles. The molecule has 0 radical (unpaired) electrons. The maximum absolute atomic E-state index is 5.48. The molecule has 5 heteroatoms. The van der Waals surface area contributed by atoms with Gasteiger partial charge in [-0.3, -0.25) is 0 Å². The van der Waals surface area contributed by atoms with Gasteiger partial charge in [0.2, 0.25) is 0 Å². The summed E-state index contributed by atoms with van der Waals surface area (Å²) < 4.78 is 10.5. The number of rotatable bonds is 6. The third kappa shape index (κ3) is 4.61. The zero-order valence-corrected chi connectivity index (χ0v) is 12.1. The molecule has 4 nitrogen and oxygen atoms in total. The first-order chi connectivity index (χ1) is 9.29. The van der Waals surface area contributed by atoms with Crippen LogP contribution in [0.15, 0.2) is 34.9 Å². The van der Waals surface area contributed by atoms with Crippen molar-refractivity contribution in [2.45, 2.75) is 20.0 Å². The summed E-state index contributed by atoms with van der Waals surface area (Å²) in [5, 5.41) is 7.22. The van der Waals surface area contributed by atoms with E-state index in [1.807, 2.05) is 37.3 Å². The number of aromatic nitrogens is 1. The second-order valence-electron chi connectivity index (χ2n) is 4.13. The van der Waals surface area contributed by atoms with E-state index in [-0.39, 0.29) is 19.0 Å². The van der Waals surface area contributed by atoms with E-state index in [1.54, 1.807) is 0 Å². The lowest BCUT2D eigenvalue weighted by Gasteiger charge is -2.09. The highest BCUT2D eigenvalue weighted by Crippen LogP contribution is 2.17. The number of nitrogens with zero attached hydrogens (tertiary/aromatic N) is 1. The number of hydrogen-bond acceptors (Lipinski definition) is 4. The Labute approximate surface area is 124 Å². The summed E-state index contributed by atoms with van der Waals surface area (Å²) in [7, 11) is 0. The van der Waals surface area contributed by atoms with E-state index in [0.29, 0.717) is 13.1 Å².